The molecule has 0 spiro atoms. The highest BCUT2D eigenvalue weighted by atomic mass is 16.5. The smallest absolute Gasteiger partial charge is 0.326 e. The van der Waals surface area contributed by atoms with Crippen LogP contribution in [0.1, 0.15) is 27.6 Å². The zero-order valence-corrected chi connectivity index (χ0v) is 16.6. The number of carbonyl (C=O) groups is 4. The molecule has 0 aliphatic carbocycles. The van der Waals surface area contributed by atoms with Crippen LogP contribution in [0.4, 0.5) is 5.69 Å². The highest BCUT2D eigenvalue weighted by Gasteiger charge is 2.37. The maximum absolute atomic E-state index is 12.4. The summed E-state index contributed by atoms with van der Waals surface area (Å²) in [5.41, 5.74) is 0.794. The molecule has 3 rings (SSSR count). The van der Waals surface area contributed by atoms with Crippen LogP contribution < -0.4 is 14.8 Å². The molecular weight excluding hydrogens is 392 g/mol. The van der Waals surface area contributed by atoms with Crippen LogP contribution >= 0.6 is 0 Å². The van der Waals surface area contributed by atoms with E-state index in [4.69, 9.17) is 14.2 Å². The number of amides is 3. The molecule has 0 saturated carbocycles. The summed E-state index contributed by atoms with van der Waals surface area (Å²) in [4.78, 5) is 50.1. The largest absolute Gasteiger partial charge is 0.497 e. The molecule has 1 aliphatic rings. The molecule has 3 amide bonds. The average molecular weight is 412 g/mol. The first-order valence-corrected chi connectivity index (χ1v) is 9.03. The molecular formula is C21H20N2O7. The predicted molar refractivity (Wildman–Crippen MR) is 106 cm³/mol. The van der Waals surface area contributed by atoms with Crippen molar-refractivity contribution in [3.63, 3.8) is 0 Å². The van der Waals surface area contributed by atoms with Gasteiger partial charge < -0.3 is 19.5 Å². The van der Waals surface area contributed by atoms with Crippen LogP contribution in [0.3, 0.4) is 0 Å². The van der Waals surface area contributed by atoms with E-state index >= 15 is 0 Å². The molecule has 0 fully saturated rings. The van der Waals surface area contributed by atoms with Crippen LogP contribution in [0.15, 0.2) is 42.5 Å². The summed E-state index contributed by atoms with van der Waals surface area (Å²) in [6, 6.07) is 11.1. The zero-order chi connectivity index (χ0) is 21.8. The molecule has 1 N–H and O–H groups in total. The third kappa shape index (κ3) is 4.09. The maximum Gasteiger partial charge on any atom is 0.326 e. The van der Waals surface area contributed by atoms with E-state index in [1.807, 2.05) is 0 Å². The van der Waals surface area contributed by atoms with Gasteiger partial charge in [-0.05, 0) is 31.2 Å². The molecule has 2 aromatic rings. The Morgan fingerprint density at radius 2 is 1.63 bits per heavy atom. The molecule has 9 heteroatoms. The Morgan fingerprint density at radius 1 is 1.00 bits per heavy atom. The number of imide groups is 1. The predicted octanol–water partition coefficient (Wildman–Crippen LogP) is 1.87. The second kappa shape index (κ2) is 8.64. The number of nitrogens with one attached hydrogen (secondary N) is 1. The number of fused-ring (bicyclic) bond motifs is 1. The SMILES string of the molecule is COc1ccc(OC)c(NC(=O)[C@@H](C)OC(=O)CN2C(=O)c3ccccc3C2=O)c1. The normalized spacial score (nSPS) is 13.5. The molecule has 0 unspecified atom stereocenters. The quantitative estimate of drug-likeness (QED) is 0.546. The van der Waals surface area contributed by atoms with Crippen LogP contribution in [0.2, 0.25) is 0 Å². The summed E-state index contributed by atoms with van der Waals surface area (Å²) >= 11 is 0. The van der Waals surface area contributed by atoms with Crippen molar-refractivity contribution in [3.8, 4) is 11.5 Å². The molecule has 0 aromatic heterocycles. The van der Waals surface area contributed by atoms with E-state index in [0.29, 0.717) is 17.2 Å². The minimum atomic E-state index is -1.18. The molecule has 1 atom stereocenters. The van der Waals surface area contributed by atoms with Crippen LogP contribution in [0.5, 0.6) is 11.5 Å². The maximum atomic E-state index is 12.4. The van der Waals surface area contributed by atoms with E-state index in [1.165, 1.54) is 33.3 Å². The van der Waals surface area contributed by atoms with Crippen molar-refractivity contribution in [2.45, 2.75) is 13.0 Å². The highest BCUT2D eigenvalue weighted by Crippen LogP contribution is 2.29. The van der Waals surface area contributed by atoms with Gasteiger partial charge in [0.05, 0.1) is 31.0 Å². The zero-order valence-electron chi connectivity index (χ0n) is 16.6. The third-order valence-corrected chi connectivity index (χ3v) is 4.51. The Labute approximate surface area is 172 Å². The monoisotopic (exact) mass is 412 g/mol. The van der Waals surface area contributed by atoms with Gasteiger partial charge >= 0.3 is 5.97 Å². The van der Waals surface area contributed by atoms with Crippen LogP contribution in [-0.2, 0) is 14.3 Å². The number of benzene rings is 2. The van der Waals surface area contributed by atoms with Gasteiger partial charge in [0.25, 0.3) is 17.7 Å². The number of hydrogen-bond acceptors (Lipinski definition) is 7. The number of ether oxygens (including phenoxy) is 3. The summed E-state index contributed by atoms with van der Waals surface area (Å²) in [6.45, 7) is 0.786. The third-order valence-electron chi connectivity index (χ3n) is 4.51. The fraction of sp³-hybridized carbons (Fsp3) is 0.238. The summed E-state index contributed by atoms with van der Waals surface area (Å²) in [5.74, 6) is -1.76. The fourth-order valence-corrected chi connectivity index (χ4v) is 2.95. The van der Waals surface area contributed by atoms with Crippen LogP contribution in [-0.4, -0.2) is 55.5 Å². The van der Waals surface area contributed by atoms with E-state index in [-0.39, 0.29) is 11.1 Å². The molecule has 30 heavy (non-hydrogen) atoms. The van der Waals surface area contributed by atoms with E-state index in [0.717, 1.165) is 4.90 Å². The fourth-order valence-electron chi connectivity index (χ4n) is 2.95. The van der Waals surface area contributed by atoms with Crippen LogP contribution in [0.25, 0.3) is 0 Å². The molecule has 1 heterocycles. The lowest BCUT2D eigenvalue weighted by atomic mass is 10.1. The number of rotatable bonds is 7. The van der Waals surface area contributed by atoms with Gasteiger partial charge in [-0.15, -0.1) is 0 Å². The number of esters is 1. The number of methoxy groups -OCH3 is 2. The van der Waals surface area contributed by atoms with Gasteiger partial charge in [0, 0.05) is 6.07 Å². The number of anilines is 1. The lowest BCUT2D eigenvalue weighted by Gasteiger charge is -2.17. The minimum Gasteiger partial charge on any atom is -0.497 e. The van der Waals surface area contributed by atoms with Crippen molar-refractivity contribution in [3.05, 3.63) is 53.6 Å². The van der Waals surface area contributed by atoms with Crippen molar-refractivity contribution in [2.24, 2.45) is 0 Å². The van der Waals surface area contributed by atoms with Crippen molar-refractivity contribution in [1.29, 1.82) is 0 Å². The number of nitrogens with zero attached hydrogens (tertiary/aromatic N) is 1. The first-order valence-electron chi connectivity index (χ1n) is 9.03. The van der Waals surface area contributed by atoms with Gasteiger partial charge in [0.1, 0.15) is 18.0 Å². The molecule has 156 valence electrons. The summed E-state index contributed by atoms with van der Waals surface area (Å²) in [5, 5.41) is 2.60. The van der Waals surface area contributed by atoms with Gasteiger partial charge in [0.15, 0.2) is 6.10 Å². The Balaban J connectivity index is 1.62. The van der Waals surface area contributed by atoms with Gasteiger partial charge in [-0.1, -0.05) is 12.1 Å². The summed E-state index contributed by atoms with van der Waals surface area (Å²) in [6.07, 6.45) is -1.18. The highest BCUT2D eigenvalue weighted by molar-refractivity contribution is 6.22. The Kier molecular flexibility index (Phi) is 6.01. The summed E-state index contributed by atoms with van der Waals surface area (Å²) in [7, 11) is 2.93. The van der Waals surface area contributed by atoms with Gasteiger partial charge in [-0.2, -0.15) is 0 Å². The van der Waals surface area contributed by atoms with Crippen molar-refractivity contribution in [1.82, 2.24) is 4.90 Å². The topological polar surface area (TPSA) is 111 Å². The Morgan fingerprint density at radius 3 is 2.20 bits per heavy atom. The lowest BCUT2D eigenvalue weighted by molar-refractivity contribution is -0.153. The molecule has 0 radical (unpaired) electrons. The standard InChI is InChI=1S/C21H20N2O7/c1-12(19(25)22-16-10-13(28-2)8-9-17(16)29-3)30-18(24)11-23-20(26)14-6-4-5-7-15(14)21(23)27/h4-10,12H,11H2,1-3H3,(H,22,25)/t12-/m1/s1. The van der Waals surface area contributed by atoms with E-state index < -0.39 is 36.3 Å². The number of carbonyl (C=O) groups excluding carboxylic acids is 4. The van der Waals surface area contributed by atoms with E-state index in [2.05, 4.69) is 5.32 Å². The molecule has 0 saturated heterocycles. The van der Waals surface area contributed by atoms with Crippen molar-refractivity contribution in [2.75, 3.05) is 26.1 Å². The Bertz CT molecular complexity index is 983. The second-order valence-corrected chi connectivity index (χ2v) is 6.43. The lowest BCUT2D eigenvalue weighted by Crippen LogP contribution is -2.38. The molecule has 2 aromatic carbocycles. The van der Waals surface area contributed by atoms with Crippen molar-refractivity contribution < 1.29 is 33.4 Å². The van der Waals surface area contributed by atoms with E-state index in [1.54, 1.807) is 30.3 Å². The second-order valence-electron chi connectivity index (χ2n) is 6.43. The van der Waals surface area contributed by atoms with E-state index in [9.17, 15) is 19.2 Å². The van der Waals surface area contributed by atoms with Gasteiger partial charge in [-0.25, -0.2) is 0 Å². The first-order chi connectivity index (χ1) is 14.3. The van der Waals surface area contributed by atoms with Crippen LogP contribution in [0, 0.1) is 0 Å². The molecule has 9 nitrogen and oxygen atoms in total. The number of hydrogen-bond donors (Lipinski definition) is 1. The average Bonchev–Trinajstić information content (AvgIpc) is 2.98. The molecule has 0 bridgehead atoms. The first kappa shape index (κ1) is 20.8. The van der Waals surface area contributed by atoms with Gasteiger partial charge in [0.2, 0.25) is 0 Å². The Hall–Kier alpha value is -3.88. The summed E-state index contributed by atoms with van der Waals surface area (Å²) < 4.78 is 15.4. The van der Waals surface area contributed by atoms with Gasteiger partial charge in [-0.3, -0.25) is 24.1 Å². The molecule has 1 aliphatic heterocycles. The minimum absolute atomic E-state index is 0.228. The van der Waals surface area contributed by atoms with Crippen molar-refractivity contribution >= 4 is 29.4 Å².